The van der Waals surface area contributed by atoms with Gasteiger partial charge in [-0.05, 0) is 56.2 Å². The largest absolute Gasteiger partial charge is 0.438 e. The molecule has 0 fully saturated rings. The molecule has 5 aromatic rings. The van der Waals surface area contributed by atoms with E-state index in [2.05, 4.69) is 25.0 Å². The van der Waals surface area contributed by atoms with E-state index in [-0.39, 0.29) is 39.5 Å². The zero-order valence-electron chi connectivity index (χ0n) is 20.6. The van der Waals surface area contributed by atoms with Gasteiger partial charge in [-0.3, -0.25) is 9.78 Å². The standard InChI is InChI=1S/C26H20F4N6O2/c1-12-9-15(27)5-6-20(12)38-25-21(13(2)16(11-32-25)26(28,29)30)18-10-19(37)22-17(34-18)7-8-31-23(22)24-33-14(3)35-36(24)4/h5-11H,1-4H3,(H,34,37). The quantitative estimate of drug-likeness (QED) is 0.305. The average molecular weight is 524 g/mol. The van der Waals surface area contributed by atoms with Crippen molar-refractivity contribution < 1.29 is 22.3 Å². The zero-order valence-corrected chi connectivity index (χ0v) is 20.6. The van der Waals surface area contributed by atoms with Crippen LogP contribution in [-0.4, -0.2) is 29.7 Å². The Morgan fingerprint density at radius 2 is 1.82 bits per heavy atom. The van der Waals surface area contributed by atoms with Crippen LogP contribution in [0.4, 0.5) is 17.6 Å². The second kappa shape index (κ2) is 9.05. The van der Waals surface area contributed by atoms with Gasteiger partial charge < -0.3 is 9.72 Å². The summed E-state index contributed by atoms with van der Waals surface area (Å²) in [6.45, 7) is 4.56. The van der Waals surface area contributed by atoms with E-state index >= 15 is 0 Å². The Labute approximate surface area is 213 Å². The van der Waals surface area contributed by atoms with Gasteiger partial charge in [-0.1, -0.05) is 0 Å². The highest BCUT2D eigenvalue weighted by atomic mass is 19.4. The maximum absolute atomic E-state index is 13.8. The van der Waals surface area contributed by atoms with E-state index in [1.807, 2.05) is 0 Å². The van der Waals surface area contributed by atoms with E-state index in [1.54, 1.807) is 20.9 Å². The Kier molecular flexibility index (Phi) is 5.97. The molecule has 0 spiro atoms. The highest BCUT2D eigenvalue weighted by molar-refractivity contribution is 5.92. The second-order valence-electron chi connectivity index (χ2n) is 8.72. The zero-order chi connectivity index (χ0) is 27.4. The van der Waals surface area contributed by atoms with Gasteiger partial charge in [0.05, 0.1) is 27.7 Å². The van der Waals surface area contributed by atoms with Crippen LogP contribution in [-0.2, 0) is 13.2 Å². The van der Waals surface area contributed by atoms with Crippen LogP contribution in [0, 0.1) is 26.6 Å². The van der Waals surface area contributed by atoms with E-state index in [0.29, 0.717) is 28.9 Å². The van der Waals surface area contributed by atoms with Crippen molar-refractivity contribution >= 4 is 10.9 Å². The summed E-state index contributed by atoms with van der Waals surface area (Å²) in [6, 6.07) is 6.46. The fourth-order valence-electron chi connectivity index (χ4n) is 4.31. The molecule has 38 heavy (non-hydrogen) atoms. The number of nitrogens with zero attached hydrogens (tertiary/aromatic N) is 5. The first kappa shape index (κ1) is 25.1. The van der Waals surface area contributed by atoms with Gasteiger partial charge in [0, 0.05) is 25.5 Å². The maximum atomic E-state index is 13.8. The molecule has 0 saturated carbocycles. The number of aromatic amines is 1. The summed E-state index contributed by atoms with van der Waals surface area (Å²) < 4.78 is 62.4. The van der Waals surface area contributed by atoms with Crippen LogP contribution in [0.5, 0.6) is 11.6 Å². The Hall–Kier alpha value is -4.61. The lowest BCUT2D eigenvalue weighted by Gasteiger charge is -2.18. The number of halogens is 4. The lowest BCUT2D eigenvalue weighted by molar-refractivity contribution is -0.138. The summed E-state index contributed by atoms with van der Waals surface area (Å²) in [4.78, 5) is 29.0. The normalized spacial score (nSPS) is 11.8. The molecule has 5 rings (SSSR count). The number of fused-ring (bicyclic) bond motifs is 1. The number of hydrogen-bond donors (Lipinski definition) is 1. The first-order valence-corrected chi connectivity index (χ1v) is 11.3. The molecule has 4 aromatic heterocycles. The summed E-state index contributed by atoms with van der Waals surface area (Å²) in [5, 5.41) is 4.39. The molecule has 0 aliphatic rings. The number of rotatable bonds is 4. The maximum Gasteiger partial charge on any atom is 0.418 e. The molecule has 0 amide bonds. The molecule has 0 unspecified atom stereocenters. The van der Waals surface area contributed by atoms with Crippen molar-refractivity contribution in [1.29, 1.82) is 0 Å². The van der Waals surface area contributed by atoms with Crippen molar-refractivity contribution in [2.75, 3.05) is 0 Å². The topological polar surface area (TPSA) is 98.6 Å². The monoisotopic (exact) mass is 524 g/mol. The number of nitrogens with one attached hydrogen (secondary N) is 1. The molecule has 0 aliphatic heterocycles. The number of H-pyrrole nitrogens is 1. The smallest absolute Gasteiger partial charge is 0.418 e. The van der Waals surface area contributed by atoms with Gasteiger partial charge in [0.25, 0.3) is 0 Å². The van der Waals surface area contributed by atoms with E-state index in [1.165, 1.54) is 48.1 Å². The third kappa shape index (κ3) is 4.38. The molecule has 4 heterocycles. The van der Waals surface area contributed by atoms with Gasteiger partial charge in [-0.2, -0.15) is 18.3 Å². The van der Waals surface area contributed by atoms with Crippen LogP contribution in [0.3, 0.4) is 0 Å². The van der Waals surface area contributed by atoms with Crippen LogP contribution in [0.15, 0.2) is 47.5 Å². The predicted octanol–water partition coefficient (Wildman–Crippen LogP) is 5.66. The molecule has 0 saturated heterocycles. The molecule has 0 atom stereocenters. The van der Waals surface area contributed by atoms with Crippen LogP contribution >= 0.6 is 0 Å². The van der Waals surface area contributed by atoms with E-state index in [9.17, 15) is 22.4 Å². The summed E-state index contributed by atoms with van der Waals surface area (Å²) in [5.74, 6) is 0.370. The number of ether oxygens (including phenoxy) is 1. The van der Waals surface area contributed by atoms with E-state index < -0.39 is 23.0 Å². The number of hydrogen-bond acceptors (Lipinski definition) is 6. The SMILES string of the molecule is Cc1nc(-c2nccc3[nH]c(-c4c(Oc5ccc(F)cc5C)ncc(C(F)(F)F)c4C)cc(=O)c23)n(C)n1. The third-order valence-corrected chi connectivity index (χ3v) is 6.05. The number of aryl methyl sites for hydroxylation is 3. The van der Waals surface area contributed by atoms with Crippen molar-refractivity contribution in [1.82, 2.24) is 29.7 Å². The van der Waals surface area contributed by atoms with Crippen molar-refractivity contribution in [3.8, 4) is 34.4 Å². The highest BCUT2D eigenvalue weighted by Gasteiger charge is 2.35. The second-order valence-corrected chi connectivity index (χ2v) is 8.72. The van der Waals surface area contributed by atoms with Crippen LogP contribution in [0.25, 0.3) is 33.7 Å². The van der Waals surface area contributed by atoms with Gasteiger partial charge in [0.2, 0.25) is 5.88 Å². The number of aromatic nitrogens is 6. The molecule has 1 aromatic carbocycles. The molecule has 0 radical (unpaired) electrons. The Morgan fingerprint density at radius 3 is 2.47 bits per heavy atom. The van der Waals surface area contributed by atoms with Gasteiger partial charge in [-0.15, -0.1) is 0 Å². The summed E-state index contributed by atoms with van der Waals surface area (Å²) >= 11 is 0. The van der Waals surface area contributed by atoms with Crippen molar-refractivity contribution in [3.05, 3.63) is 81.3 Å². The summed E-state index contributed by atoms with van der Waals surface area (Å²) in [7, 11) is 1.66. The van der Waals surface area contributed by atoms with Crippen LogP contribution < -0.4 is 10.2 Å². The lowest BCUT2D eigenvalue weighted by Crippen LogP contribution is -2.12. The first-order chi connectivity index (χ1) is 17.9. The van der Waals surface area contributed by atoms with E-state index in [4.69, 9.17) is 4.74 Å². The van der Waals surface area contributed by atoms with Crippen molar-refractivity contribution in [2.24, 2.45) is 7.05 Å². The van der Waals surface area contributed by atoms with Gasteiger partial charge in [0.1, 0.15) is 23.1 Å². The highest BCUT2D eigenvalue weighted by Crippen LogP contribution is 2.41. The van der Waals surface area contributed by atoms with Crippen molar-refractivity contribution in [2.45, 2.75) is 26.9 Å². The Morgan fingerprint density at radius 1 is 1.05 bits per heavy atom. The van der Waals surface area contributed by atoms with Crippen molar-refractivity contribution in [3.63, 3.8) is 0 Å². The molecule has 1 N–H and O–H groups in total. The Balaban J connectivity index is 1.75. The minimum absolute atomic E-state index is 0.0552. The number of benzene rings is 1. The Bertz CT molecular complexity index is 1770. The molecule has 12 heteroatoms. The molecular formula is C26H20F4N6O2. The van der Waals surface area contributed by atoms with Gasteiger partial charge in [0.15, 0.2) is 11.3 Å². The third-order valence-electron chi connectivity index (χ3n) is 6.05. The summed E-state index contributed by atoms with van der Waals surface area (Å²) in [5.41, 5.74) is -0.683. The fraction of sp³-hybridized carbons (Fsp3) is 0.192. The summed E-state index contributed by atoms with van der Waals surface area (Å²) in [6.07, 6.45) is -2.57. The molecular weight excluding hydrogens is 504 g/mol. The minimum atomic E-state index is -4.70. The van der Waals surface area contributed by atoms with Crippen LogP contribution in [0.1, 0.15) is 22.5 Å². The lowest BCUT2D eigenvalue weighted by atomic mass is 10.0. The predicted molar refractivity (Wildman–Crippen MR) is 131 cm³/mol. The number of pyridine rings is 3. The molecule has 8 nitrogen and oxygen atoms in total. The first-order valence-electron chi connectivity index (χ1n) is 11.3. The van der Waals surface area contributed by atoms with E-state index in [0.717, 1.165) is 0 Å². The van der Waals surface area contributed by atoms with Gasteiger partial charge >= 0.3 is 6.18 Å². The fourth-order valence-corrected chi connectivity index (χ4v) is 4.31. The minimum Gasteiger partial charge on any atom is -0.438 e. The number of alkyl halides is 3. The molecule has 0 bridgehead atoms. The van der Waals surface area contributed by atoms with Crippen LogP contribution in [0.2, 0.25) is 0 Å². The molecule has 194 valence electrons. The molecule has 0 aliphatic carbocycles. The average Bonchev–Trinajstić information content (AvgIpc) is 3.17. The van der Waals surface area contributed by atoms with Gasteiger partial charge in [-0.25, -0.2) is 19.0 Å².